The SMILES string of the molecule is CS(=O)(=O)c1nc2ccc([N+](=O)[O-])cc2s1. The highest BCUT2D eigenvalue weighted by atomic mass is 32.2. The van der Waals surface area contributed by atoms with Gasteiger partial charge in [0.15, 0.2) is 0 Å². The molecule has 0 saturated heterocycles. The van der Waals surface area contributed by atoms with Crippen LogP contribution in [-0.2, 0) is 9.84 Å². The molecule has 0 aliphatic rings. The second-order valence-electron chi connectivity index (χ2n) is 3.16. The second-order valence-corrected chi connectivity index (χ2v) is 6.38. The zero-order valence-electron chi connectivity index (χ0n) is 8.08. The number of hydrogen-bond donors (Lipinski definition) is 0. The molecule has 0 aliphatic carbocycles. The fourth-order valence-corrected chi connectivity index (χ4v) is 3.03. The standard InChI is InChI=1S/C8H6N2O4S2/c1-16(13,14)8-9-6-3-2-5(10(11)12)4-7(6)15-8/h2-4H,1H3. The molecule has 1 heterocycles. The van der Waals surface area contributed by atoms with Crippen LogP contribution in [0.1, 0.15) is 0 Å². The number of hydrogen-bond acceptors (Lipinski definition) is 6. The Morgan fingerprint density at radius 1 is 1.44 bits per heavy atom. The van der Waals surface area contributed by atoms with Crippen LogP contribution in [0.15, 0.2) is 22.5 Å². The molecule has 2 aromatic rings. The van der Waals surface area contributed by atoms with Crippen molar-refractivity contribution in [1.82, 2.24) is 4.98 Å². The summed E-state index contributed by atoms with van der Waals surface area (Å²) in [6.07, 6.45) is 1.05. The van der Waals surface area contributed by atoms with E-state index < -0.39 is 14.8 Å². The lowest BCUT2D eigenvalue weighted by atomic mass is 10.3. The lowest BCUT2D eigenvalue weighted by Gasteiger charge is -1.88. The van der Waals surface area contributed by atoms with Crippen molar-refractivity contribution in [2.75, 3.05) is 6.26 Å². The average Bonchev–Trinajstić information content (AvgIpc) is 2.58. The van der Waals surface area contributed by atoms with Gasteiger partial charge >= 0.3 is 0 Å². The predicted molar refractivity (Wildman–Crippen MR) is 59.4 cm³/mol. The Hall–Kier alpha value is -1.54. The monoisotopic (exact) mass is 258 g/mol. The molecule has 0 radical (unpaired) electrons. The van der Waals surface area contributed by atoms with Crippen molar-refractivity contribution < 1.29 is 13.3 Å². The molecule has 6 nitrogen and oxygen atoms in total. The molecule has 0 aliphatic heterocycles. The first-order valence-corrected chi connectivity index (χ1v) is 6.84. The Bertz CT molecular complexity index is 674. The number of nitrogens with zero attached hydrogens (tertiary/aromatic N) is 2. The van der Waals surface area contributed by atoms with E-state index in [1.807, 2.05) is 0 Å². The normalized spacial score (nSPS) is 11.8. The van der Waals surface area contributed by atoms with Crippen molar-refractivity contribution in [2.45, 2.75) is 4.34 Å². The van der Waals surface area contributed by atoms with E-state index >= 15 is 0 Å². The summed E-state index contributed by atoms with van der Waals surface area (Å²) >= 11 is 0.932. The van der Waals surface area contributed by atoms with E-state index in [4.69, 9.17) is 0 Å². The van der Waals surface area contributed by atoms with Gasteiger partial charge in [-0.3, -0.25) is 10.1 Å². The van der Waals surface area contributed by atoms with Crippen molar-refractivity contribution in [3.63, 3.8) is 0 Å². The summed E-state index contributed by atoms with van der Waals surface area (Å²) < 4.78 is 22.9. The van der Waals surface area contributed by atoms with Crippen LogP contribution in [0.25, 0.3) is 10.2 Å². The fourth-order valence-electron chi connectivity index (χ4n) is 1.16. The Labute approximate surface area is 94.6 Å². The molecule has 0 saturated carbocycles. The Morgan fingerprint density at radius 2 is 2.12 bits per heavy atom. The van der Waals surface area contributed by atoms with Gasteiger partial charge in [-0.15, -0.1) is 11.3 Å². The summed E-state index contributed by atoms with van der Waals surface area (Å²) in [4.78, 5) is 13.9. The molecule has 1 aromatic carbocycles. The number of thiazole rings is 1. The smallest absolute Gasteiger partial charge is 0.258 e. The lowest BCUT2D eigenvalue weighted by molar-refractivity contribution is -0.384. The number of rotatable bonds is 2. The molecule has 2 rings (SSSR count). The van der Waals surface area contributed by atoms with Gasteiger partial charge in [0.05, 0.1) is 15.1 Å². The van der Waals surface area contributed by atoms with Crippen molar-refractivity contribution in [3.8, 4) is 0 Å². The quantitative estimate of drug-likeness (QED) is 0.603. The van der Waals surface area contributed by atoms with Gasteiger partial charge in [0.1, 0.15) is 0 Å². The zero-order chi connectivity index (χ0) is 11.9. The largest absolute Gasteiger partial charge is 0.270 e. The van der Waals surface area contributed by atoms with E-state index in [1.165, 1.54) is 18.2 Å². The van der Waals surface area contributed by atoms with Crippen LogP contribution in [0.2, 0.25) is 0 Å². The van der Waals surface area contributed by atoms with Crippen LogP contribution < -0.4 is 0 Å². The summed E-state index contributed by atoms with van der Waals surface area (Å²) in [6.45, 7) is 0. The summed E-state index contributed by atoms with van der Waals surface area (Å²) in [5.74, 6) is 0. The first kappa shape index (κ1) is 11.0. The lowest BCUT2D eigenvalue weighted by Crippen LogP contribution is -1.94. The molecule has 0 fully saturated rings. The van der Waals surface area contributed by atoms with Crippen molar-refractivity contribution in [2.24, 2.45) is 0 Å². The van der Waals surface area contributed by atoms with E-state index in [9.17, 15) is 18.5 Å². The highest BCUT2D eigenvalue weighted by Crippen LogP contribution is 2.28. The first-order chi connectivity index (χ1) is 7.38. The number of sulfone groups is 1. The van der Waals surface area contributed by atoms with E-state index in [2.05, 4.69) is 4.98 Å². The van der Waals surface area contributed by atoms with Crippen molar-refractivity contribution in [1.29, 1.82) is 0 Å². The molecule has 1 aromatic heterocycles. The molecule has 84 valence electrons. The van der Waals surface area contributed by atoms with Gasteiger partial charge in [0, 0.05) is 18.4 Å². The fraction of sp³-hybridized carbons (Fsp3) is 0.125. The Morgan fingerprint density at radius 3 is 2.69 bits per heavy atom. The third-order valence-corrected chi connectivity index (χ3v) is 4.58. The highest BCUT2D eigenvalue weighted by Gasteiger charge is 2.15. The number of nitro benzene ring substituents is 1. The average molecular weight is 258 g/mol. The molecule has 0 amide bonds. The number of non-ortho nitro benzene ring substituents is 1. The minimum absolute atomic E-state index is 0.0250. The molecule has 0 spiro atoms. The summed E-state index contributed by atoms with van der Waals surface area (Å²) in [5, 5.41) is 10.5. The number of fused-ring (bicyclic) bond motifs is 1. The minimum Gasteiger partial charge on any atom is -0.258 e. The maximum absolute atomic E-state index is 11.2. The van der Waals surface area contributed by atoms with Crippen molar-refractivity contribution in [3.05, 3.63) is 28.3 Å². The minimum atomic E-state index is -3.36. The van der Waals surface area contributed by atoms with Gasteiger partial charge in [0.2, 0.25) is 14.2 Å². The maximum atomic E-state index is 11.2. The van der Waals surface area contributed by atoms with Crippen molar-refractivity contribution >= 4 is 37.1 Å². The van der Waals surface area contributed by atoms with Gasteiger partial charge < -0.3 is 0 Å². The summed E-state index contributed by atoms with van der Waals surface area (Å²) in [5.41, 5.74) is 0.382. The molecule has 0 unspecified atom stereocenters. The van der Waals surface area contributed by atoms with E-state index in [0.717, 1.165) is 17.6 Å². The highest BCUT2D eigenvalue weighted by molar-refractivity contribution is 7.92. The van der Waals surface area contributed by atoms with Crippen LogP contribution in [0.3, 0.4) is 0 Å². The molecule has 0 bridgehead atoms. The van der Waals surface area contributed by atoms with Gasteiger partial charge in [-0.05, 0) is 6.07 Å². The van der Waals surface area contributed by atoms with Gasteiger partial charge in [-0.25, -0.2) is 13.4 Å². The van der Waals surface area contributed by atoms with Gasteiger partial charge in [0.25, 0.3) is 5.69 Å². The Kier molecular flexibility index (Phi) is 2.39. The van der Waals surface area contributed by atoms with Crippen LogP contribution in [0.4, 0.5) is 5.69 Å². The number of nitro groups is 1. The van der Waals surface area contributed by atoms with Crippen LogP contribution in [-0.4, -0.2) is 24.6 Å². The molecule has 8 heteroatoms. The third kappa shape index (κ3) is 1.89. The molecule has 0 atom stereocenters. The van der Waals surface area contributed by atoms with Gasteiger partial charge in [-0.1, -0.05) is 0 Å². The molecular formula is C8H6N2O4S2. The third-order valence-electron chi connectivity index (χ3n) is 1.88. The second kappa shape index (κ2) is 3.49. The van der Waals surface area contributed by atoms with E-state index in [-0.39, 0.29) is 10.0 Å². The van der Waals surface area contributed by atoms with E-state index in [1.54, 1.807) is 0 Å². The zero-order valence-corrected chi connectivity index (χ0v) is 9.71. The predicted octanol–water partition coefficient (Wildman–Crippen LogP) is 1.61. The number of aromatic nitrogens is 1. The summed E-state index contributed by atoms with van der Waals surface area (Å²) in [6, 6.07) is 4.06. The topological polar surface area (TPSA) is 90.2 Å². The van der Waals surface area contributed by atoms with Crippen LogP contribution in [0.5, 0.6) is 0 Å². The van der Waals surface area contributed by atoms with Crippen LogP contribution >= 0.6 is 11.3 Å². The maximum Gasteiger partial charge on any atom is 0.270 e. The van der Waals surface area contributed by atoms with E-state index in [0.29, 0.717) is 10.2 Å². The number of benzene rings is 1. The van der Waals surface area contributed by atoms with Gasteiger partial charge in [-0.2, -0.15) is 0 Å². The molecular weight excluding hydrogens is 252 g/mol. The molecule has 0 N–H and O–H groups in total. The summed E-state index contributed by atoms with van der Waals surface area (Å²) in [7, 11) is -3.36. The Balaban J connectivity index is 2.68. The van der Waals surface area contributed by atoms with Crippen LogP contribution in [0, 0.1) is 10.1 Å². The molecule has 16 heavy (non-hydrogen) atoms. The first-order valence-electron chi connectivity index (χ1n) is 4.13.